The Morgan fingerprint density at radius 1 is 0.872 bits per heavy atom. The van der Waals surface area contributed by atoms with E-state index in [-0.39, 0.29) is 12.6 Å². The summed E-state index contributed by atoms with van der Waals surface area (Å²) in [5.74, 6) is 2.08. The number of hydrogen-bond donors (Lipinski definition) is 1. The largest absolute Gasteiger partial charge is 0.497 e. The lowest BCUT2D eigenvalue weighted by molar-refractivity contribution is -0.119. The summed E-state index contributed by atoms with van der Waals surface area (Å²) in [5, 5.41) is 12.3. The maximum Gasteiger partial charge on any atom is 0.323 e. The van der Waals surface area contributed by atoms with Crippen molar-refractivity contribution in [2.45, 2.75) is 44.1 Å². The lowest BCUT2D eigenvalue weighted by Crippen LogP contribution is -2.64. The van der Waals surface area contributed by atoms with Crippen LogP contribution in [0.3, 0.4) is 0 Å². The van der Waals surface area contributed by atoms with Gasteiger partial charge in [-0.25, -0.2) is 4.79 Å². The van der Waals surface area contributed by atoms with Crippen LogP contribution in [0.2, 0.25) is 0 Å². The summed E-state index contributed by atoms with van der Waals surface area (Å²) in [5.41, 5.74) is 0.695. The summed E-state index contributed by atoms with van der Waals surface area (Å²) in [7, 11) is 6.47. The molecular weight excluding hydrogens is 498 g/mol. The second kappa shape index (κ2) is 11.9. The molecule has 2 heterocycles. The maximum absolute atomic E-state index is 14.0. The predicted molar refractivity (Wildman–Crippen MR) is 149 cm³/mol. The van der Waals surface area contributed by atoms with Gasteiger partial charge in [-0.05, 0) is 66.8 Å². The molecule has 1 spiro atoms. The van der Waals surface area contributed by atoms with E-state index in [1.807, 2.05) is 18.2 Å². The molecule has 2 aromatic carbocycles. The highest BCUT2D eigenvalue weighted by atomic mass is 16.5. The van der Waals surface area contributed by atoms with Crippen LogP contribution in [-0.2, 0) is 17.8 Å². The number of rotatable bonds is 11. The van der Waals surface area contributed by atoms with Crippen LogP contribution in [0.5, 0.6) is 17.2 Å². The Kier molecular flexibility index (Phi) is 8.73. The third-order valence-electron chi connectivity index (χ3n) is 8.07. The monoisotopic (exact) mass is 539 g/mol. The van der Waals surface area contributed by atoms with Crippen LogP contribution in [0.25, 0.3) is 0 Å². The van der Waals surface area contributed by atoms with Crippen LogP contribution in [-0.4, -0.2) is 91.8 Å². The number of aliphatic hydroxyl groups is 1. The van der Waals surface area contributed by atoms with Crippen molar-refractivity contribution in [1.82, 2.24) is 14.7 Å². The standard InChI is InChI=1S/C30H41N3O6/c1-7-30(35)29(8-10-31(11-9-29)20-23-14-22(2)15-25(16-23)37-4)32(12-13-36-3)28(34)33(30)21-24-17-26(38-5)19-27(18-24)39-6/h7,14-19,35H,1,8-13,20-21H2,2-6H3. The fourth-order valence-corrected chi connectivity index (χ4v) is 6.06. The minimum atomic E-state index is -1.58. The lowest BCUT2D eigenvalue weighted by atomic mass is 9.77. The number of methoxy groups -OCH3 is 4. The number of urea groups is 1. The summed E-state index contributed by atoms with van der Waals surface area (Å²) in [6.07, 6.45) is 2.70. The van der Waals surface area contributed by atoms with Gasteiger partial charge >= 0.3 is 6.03 Å². The van der Waals surface area contributed by atoms with Crippen molar-refractivity contribution in [3.05, 3.63) is 65.7 Å². The fourth-order valence-electron chi connectivity index (χ4n) is 6.06. The van der Waals surface area contributed by atoms with Crippen molar-refractivity contribution in [3.63, 3.8) is 0 Å². The average Bonchev–Trinajstić information content (AvgIpc) is 3.10. The van der Waals surface area contributed by atoms with Crippen LogP contribution in [0, 0.1) is 6.92 Å². The molecular formula is C30H41N3O6. The van der Waals surface area contributed by atoms with Crippen LogP contribution in [0.1, 0.15) is 29.5 Å². The lowest BCUT2D eigenvalue weighted by Gasteiger charge is -2.50. The molecule has 1 unspecified atom stereocenters. The van der Waals surface area contributed by atoms with Crippen molar-refractivity contribution >= 4 is 6.03 Å². The first-order valence-electron chi connectivity index (χ1n) is 13.3. The van der Waals surface area contributed by atoms with Crippen molar-refractivity contribution < 1.29 is 28.8 Å². The Hall–Kier alpha value is -3.27. The summed E-state index contributed by atoms with van der Waals surface area (Å²) in [6.45, 7) is 9.18. The van der Waals surface area contributed by atoms with Gasteiger partial charge in [0.15, 0.2) is 5.72 Å². The second-order valence-corrected chi connectivity index (χ2v) is 10.3. The highest BCUT2D eigenvalue weighted by Gasteiger charge is 2.65. The van der Waals surface area contributed by atoms with Gasteiger partial charge in [0.2, 0.25) is 0 Å². The van der Waals surface area contributed by atoms with E-state index < -0.39 is 11.3 Å². The summed E-state index contributed by atoms with van der Waals surface area (Å²) < 4.78 is 21.7. The minimum Gasteiger partial charge on any atom is -0.497 e. The van der Waals surface area contributed by atoms with E-state index >= 15 is 0 Å². The third-order valence-corrected chi connectivity index (χ3v) is 8.07. The zero-order valence-electron chi connectivity index (χ0n) is 23.7. The number of carbonyl (C=O) groups is 1. The normalized spacial score (nSPS) is 20.9. The molecule has 39 heavy (non-hydrogen) atoms. The van der Waals surface area contributed by atoms with Crippen molar-refractivity contribution in [3.8, 4) is 17.2 Å². The van der Waals surface area contributed by atoms with Crippen molar-refractivity contribution in [1.29, 1.82) is 0 Å². The van der Waals surface area contributed by atoms with E-state index in [0.29, 0.717) is 50.6 Å². The van der Waals surface area contributed by atoms with Crippen LogP contribution in [0.15, 0.2) is 49.1 Å². The quantitative estimate of drug-likeness (QED) is 0.435. The molecule has 9 heteroatoms. The molecule has 0 aliphatic carbocycles. The molecule has 2 saturated heterocycles. The Labute approximate surface area is 231 Å². The molecule has 0 radical (unpaired) electrons. The number of likely N-dealkylation sites (tertiary alicyclic amines) is 1. The molecule has 2 fully saturated rings. The molecule has 2 aliphatic heterocycles. The van der Waals surface area contributed by atoms with Gasteiger partial charge in [-0.3, -0.25) is 9.80 Å². The Balaban J connectivity index is 1.62. The third kappa shape index (κ3) is 5.44. The molecule has 2 aliphatic rings. The number of ether oxygens (including phenoxy) is 4. The molecule has 1 N–H and O–H groups in total. The predicted octanol–water partition coefficient (Wildman–Crippen LogP) is 3.81. The van der Waals surface area contributed by atoms with Crippen LogP contribution < -0.4 is 14.2 Å². The average molecular weight is 540 g/mol. The smallest absolute Gasteiger partial charge is 0.323 e. The molecule has 0 saturated carbocycles. The number of amides is 2. The van der Waals surface area contributed by atoms with E-state index in [4.69, 9.17) is 18.9 Å². The number of carbonyl (C=O) groups excluding carboxylic acids is 1. The van der Waals surface area contributed by atoms with Gasteiger partial charge in [0.05, 0.1) is 40.0 Å². The van der Waals surface area contributed by atoms with E-state index in [9.17, 15) is 9.90 Å². The zero-order valence-corrected chi connectivity index (χ0v) is 23.7. The molecule has 0 aromatic heterocycles. The SMILES string of the molecule is C=CC1(O)N(Cc2cc(OC)cc(OC)c2)C(=O)N(CCOC)C12CCN(Cc1cc(C)cc(OC)c1)CC2. The maximum atomic E-state index is 14.0. The first-order valence-corrected chi connectivity index (χ1v) is 13.3. The zero-order chi connectivity index (χ0) is 28.2. The van der Waals surface area contributed by atoms with E-state index in [1.54, 1.807) is 39.4 Å². The highest BCUT2D eigenvalue weighted by Crippen LogP contribution is 2.48. The molecule has 2 aromatic rings. The number of benzene rings is 2. The summed E-state index contributed by atoms with van der Waals surface area (Å²) in [6, 6.07) is 11.5. The number of aryl methyl sites for hydroxylation is 1. The van der Waals surface area contributed by atoms with E-state index in [2.05, 4.69) is 30.5 Å². The van der Waals surface area contributed by atoms with Crippen molar-refractivity contribution in [2.75, 3.05) is 54.7 Å². The number of piperidine rings is 1. The molecule has 212 valence electrons. The molecule has 9 nitrogen and oxygen atoms in total. The van der Waals surface area contributed by atoms with Gasteiger partial charge in [0, 0.05) is 39.4 Å². The summed E-state index contributed by atoms with van der Waals surface area (Å²) in [4.78, 5) is 19.6. The van der Waals surface area contributed by atoms with Gasteiger partial charge < -0.3 is 29.0 Å². The number of nitrogens with zero attached hydrogens (tertiary/aromatic N) is 3. The fraction of sp³-hybridized carbons (Fsp3) is 0.500. The van der Waals surface area contributed by atoms with Gasteiger partial charge in [-0.15, -0.1) is 0 Å². The van der Waals surface area contributed by atoms with Gasteiger partial charge in [0.25, 0.3) is 0 Å². The molecule has 2 amide bonds. The Morgan fingerprint density at radius 2 is 1.44 bits per heavy atom. The van der Waals surface area contributed by atoms with Gasteiger partial charge in [-0.1, -0.05) is 12.6 Å². The topological polar surface area (TPSA) is 83.9 Å². The van der Waals surface area contributed by atoms with Crippen molar-refractivity contribution in [2.24, 2.45) is 0 Å². The second-order valence-electron chi connectivity index (χ2n) is 10.3. The van der Waals surface area contributed by atoms with Gasteiger partial charge in [0.1, 0.15) is 17.2 Å². The van der Waals surface area contributed by atoms with Crippen LogP contribution in [0.4, 0.5) is 4.79 Å². The summed E-state index contributed by atoms with van der Waals surface area (Å²) >= 11 is 0. The molecule has 1 atom stereocenters. The molecule has 0 bridgehead atoms. The van der Waals surface area contributed by atoms with E-state index in [0.717, 1.165) is 23.4 Å². The van der Waals surface area contributed by atoms with E-state index in [1.165, 1.54) is 16.5 Å². The van der Waals surface area contributed by atoms with Gasteiger partial charge in [-0.2, -0.15) is 0 Å². The first-order chi connectivity index (χ1) is 18.7. The molecule has 4 rings (SSSR count). The minimum absolute atomic E-state index is 0.174. The highest BCUT2D eigenvalue weighted by molar-refractivity contribution is 5.80. The first kappa shape index (κ1) is 28.7. The Bertz CT molecular complexity index is 1160. The number of hydrogen-bond acceptors (Lipinski definition) is 7. The van der Waals surface area contributed by atoms with Crippen LogP contribution >= 0.6 is 0 Å². The Morgan fingerprint density at radius 3 is 1.97 bits per heavy atom.